The van der Waals surface area contributed by atoms with Crippen molar-refractivity contribution in [3.05, 3.63) is 28.2 Å². The number of nitrogens with zero attached hydrogens (tertiary/aromatic N) is 4. The van der Waals surface area contributed by atoms with Gasteiger partial charge in [0, 0.05) is 30.3 Å². The van der Waals surface area contributed by atoms with Crippen LogP contribution in [0, 0.1) is 6.92 Å². The average molecular weight is 265 g/mol. The third-order valence-electron chi connectivity index (χ3n) is 2.72. The van der Waals surface area contributed by atoms with Crippen molar-refractivity contribution in [3.8, 4) is 0 Å². The maximum Gasteiger partial charge on any atom is 0.138 e. The third-order valence-corrected chi connectivity index (χ3v) is 3.54. The third kappa shape index (κ3) is 3.14. The van der Waals surface area contributed by atoms with Gasteiger partial charge in [-0.3, -0.25) is 0 Å². The standard InChI is InChI=1S/C12H19N5S/c1-8(2)17-12(14-7-15-17)5-10(13)4-11-6-18-9(3)16-11/h6-8,10H,4-5,13H2,1-3H3. The smallest absolute Gasteiger partial charge is 0.138 e. The van der Waals surface area contributed by atoms with Crippen LogP contribution in [0.2, 0.25) is 0 Å². The van der Waals surface area contributed by atoms with E-state index in [1.54, 1.807) is 17.7 Å². The SMILES string of the molecule is Cc1nc(CC(N)Cc2ncnn2C(C)C)cs1. The van der Waals surface area contributed by atoms with Gasteiger partial charge < -0.3 is 5.73 Å². The van der Waals surface area contributed by atoms with Crippen LogP contribution in [0.4, 0.5) is 0 Å². The van der Waals surface area contributed by atoms with Crippen LogP contribution >= 0.6 is 11.3 Å². The van der Waals surface area contributed by atoms with Crippen LogP contribution in [-0.4, -0.2) is 25.8 Å². The van der Waals surface area contributed by atoms with Gasteiger partial charge in [0.1, 0.15) is 12.2 Å². The summed E-state index contributed by atoms with van der Waals surface area (Å²) in [5.41, 5.74) is 7.23. The summed E-state index contributed by atoms with van der Waals surface area (Å²) in [5, 5.41) is 7.37. The molecule has 2 aromatic rings. The molecule has 6 heteroatoms. The van der Waals surface area contributed by atoms with E-state index in [1.807, 2.05) is 11.6 Å². The average Bonchev–Trinajstić information content (AvgIpc) is 2.87. The molecule has 0 aliphatic rings. The Hall–Kier alpha value is -1.27. The van der Waals surface area contributed by atoms with E-state index in [9.17, 15) is 0 Å². The Kier molecular flexibility index (Phi) is 4.08. The fourth-order valence-corrected chi connectivity index (χ4v) is 2.55. The van der Waals surface area contributed by atoms with Crippen LogP contribution in [-0.2, 0) is 12.8 Å². The Morgan fingerprint density at radius 1 is 1.39 bits per heavy atom. The van der Waals surface area contributed by atoms with Gasteiger partial charge in [-0.05, 0) is 20.8 Å². The van der Waals surface area contributed by atoms with Crippen LogP contribution in [0.5, 0.6) is 0 Å². The van der Waals surface area contributed by atoms with Gasteiger partial charge in [0.15, 0.2) is 0 Å². The molecule has 0 aliphatic carbocycles. The lowest BCUT2D eigenvalue weighted by Crippen LogP contribution is -2.27. The molecule has 2 heterocycles. The van der Waals surface area contributed by atoms with Crippen LogP contribution in [0.3, 0.4) is 0 Å². The van der Waals surface area contributed by atoms with Gasteiger partial charge >= 0.3 is 0 Å². The number of thiazole rings is 1. The lowest BCUT2D eigenvalue weighted by molar-refractivity contribution is 0.489. The monoisotopic (exact) mass is 265 g/mol. The van der Waals surface area contributed by atoms with Gasteiger partial charge in [0.2, 0.25) is 0 Å². The number of aryl methyl sites for hydroxylation is 1. The van der Waals surface area contributed by atoms with Crippen molar-refractivity contribution < 1.29 is 0 Å². The van der Waals surface area contributed by atoms with E-state index in [1.165, 1.54) is 0 Å². The second-order valence-electron chi connectivity index (χ2n) is 4.74. The highest BCUT2D eigenvalue weighted by Crippen LogP contribution is 2.12. The van der Waals surface area contributed by atoms with Gasteiger partial charge in [-0.2, -0.15) is 5.10 Å². The van der Waals surface area contributed by atoms with Crippen molar-refractivity contribution in [1.82, 2.24) is 19.7 Å². The number of nitrogens with two attached hydrogens (primary N) is 1. The molecular formula is C12H19N5S. The minimum Gasteiger partial charge on any atom is -0.327 e. The first-order chi connectivity index (χ1) is 8.56. The summed E-state index contributed by atoms with van der Waals surface area (Å²) < 4.78 is 1.92. The number of hydrogen-bond donors (Lipinski definition) is 1. The van der Waals surface area contributed by atoms with Crippen molar-refractivity contribution in [2.24, 2.45) is 5.73 Å². The molecule has 2 N–H and O–H groups in total. The van der Waals surface area contributed by atoms with E-state index in [0.29, 0.717) is 6.04 Å². The molecule has 0 radical (unpaired) electrons. The molecule has 0 fully saturated rings. The van der Waals surface area contributed by atoms with Crippen molar-refractivity contribution >= 4 is 11.3 Å². The van der Waals surface area contributed by atoms with Crippen molar-refractivity contribution in [1.29, 1.82) is 0 Å². The maximum atomic E-state index is 6.16. The van der Waals surface area contributed by atoms with E-state index in [4.69, 9.17) is 5.73 Å². The molecule has 0 saturated heterocycles. The van der Waals surface area contributed by atoms with Crippen LogP contribution in [0.1, 0.15) is 36.4 Å². The molecule has 0 bridgehead atoms. The van der Waals surface area contributed by atoms with Gasteiger partial charge in [-0.15, -0.1) is 11.3 Å². The van der Waals surface area contributed by atoms with E-state index in [2.05, 4.69) is 34.3 Å². The Labute approximate surface area is 111 Å². The zero-order valence-electron chi connectivity index (χ0n) is 11.0. The van der Waals surface area contributed by atoms with Crippen LogP contribution < -0.4 is 5.73 Å². The lowest BCUT2D eigenvalue weighted by Gasteiger charge is -2.13. The summed E-state index contributed by atoms with van der Waals surface area (Å²) in [6, 6.07) is 0.351. The fraction of sp³-hybridized carbons (Fsp3) is 0.583. The molecule has 0 amide bonds. The Morgan fingerprint density at radius 3 is 2.78 bits per heavy atom. The number of rotatable bonds is 5. The molecule has 98 valence electrons. The van der Waals surface area contributed by atoms with E-state index < -0.39 is 0 Å². The molecule has 18 heavy (non-hydrogen) atoms. The first kappa shape index (κ1) is 13.2. The molecule has 0 spiro atoms. The van der Waals surface area contributed by atoms with Crippen LogP contribution in [0.15, 0.2) is 11.7 Å². The van der Waals surface area contributed by atoms with Crippen molar-refractivity contribution in [2.75, 3.05) is 0 Å². The highest BCUT2D eigenvalue weighted by Gasteiger charge is 2.13. The van der Waals surface area contributed by atoms with Gasteiger partial charge in [0.05, 0.1) is 10.7 Å². The van der Waals surface area contributed by atoms with Crippen LogP contribution in [0.25, 0.3) is 0 Å². The maximum absolute atomic E-state index is 6.16. The predicted molar refractivity (Wildman–Crippen MR) is 72.6 cm³/mol. The Balaban J connectivity index is 1.98. The number of hydrogen-bond acceptors (Lipinski definition) is 5. The minimum atomic E-state index is 0.0354. The summed E-state index contributed by atoms with van der Waals surface area (Å²) in [5.74, 6) is 0.949. The van der Waals surface area contributed by atoms with Gasteiger partial charge in [-0.1, -0.05) is 0 Å². The van der Waals surface area contributed by atoms with Crippen molar-refractivity contribution in [3.63, 3.8) is 0 Å². The summed E-state index contributed by atoms with van der Waals surface area (Å²) >= 11 is 1.66. The molecule has 1 unspecified atom stereocenters. The molecule has 0 saturated carbocycles. The largest absolute Gasteiger partial charge is 0.327 e. The molecule has 2 aromatic heterocycles. The zero-order valence-corrected chi connectivity index (χ0v) is 11.8. The molecule has 0 aromatic carbocycles. The summed E-state index contributed by atoms with van der Waals surface area (Å²) in [4.78, 5) is 8.71. The Morgan fingerprint density at radius 2 is 2.17 bits per heavy atom. The normalized spacial score (nSPS) is 13.2. The second-order valence-corrected chi connectivity index (χ2v) is 5.80. The Bertz CT molecular complexity index is 502. The molecule has 0 aliphatic heterocycles. The summed E-state index contributed by atoms with van der Waals surface area (Å²) in [7, 11) is 0. The molecule has 2 rings (SSSR count). The lowest BCUT2D eigenvalue weighted by atomic mass is 10.1. The predicted octanol–water partition coefficient (Wildman–Crippen LogP) is 1.74. The first-order valence-electron chi connectivity index (χ1n) is 6.11. The summed E-state index contributed by atoms with van der Waals surface area (Å²) in [6.07, 6.45) is 3.11. The van der Waals surface area contributed by atoms with E-state index >= 15 is 0 Å². The van der Waals surface area contributed by atoms with E-state index in [0.717, 1.165) is 29.4 Å². The highest BCUT2D eigenvalue weighted by molar-refractivity contribution is 7.09. The number of aromatic nitrogens is 4. The van der Waals surface area contributed by atoms with Crippen molar-refractivity contribution in [2.45, 2.75) is 45.7 Å². The topological polar surface area (TPSA) is 69.6 Å². The first-order valence-corrected chi connectivity index (χ1v) is 6.99. The van der Waals surface area contributed by atoms with Gasteiger partial charge in [0.25, 0.3) is 0 Å². The minimum absolute atomic E-state index is 0.0354. The molecule has 1 atom stereocenters. The second kappa shape index (κ2) is 5.58. The fourth-order valence-electron chi connectivity index (χ4n) is 1.93. The summed E-state index contributed by atoms with van der Waals surface area (Å²) in [6.45, 7) is 6.19. The molecule has 5 nitrogen and oxygen atoms in total. The quantitative estimate of drug-likeness (QED) is 0.894. The molecular weight excluding hydrogens is 246 g/mol. The van der Waals surface area contributed by atoms with E-state index in [-0.39, 0.29) is 6.04 Å². The van der Waals surface area contributed by atoms with Gasteiger partial charge in [-0.25, -0.2) is 14.6 Å². The highest BCUT2D eigenvalue weighted by atomic mass is 32.1. The zero-order chi connectivity index (χ0) is 13.1.